The first-order chi connectivity index (χ1) is 13.1. The molecule has 1 heterocycles. The van der Waals surface area contributed by atoms with Gasteiger partial charge in [0, 0.05) is 16.7 Å². The van der Waals surface area contributed by atoms with Crippen molar-refractivity contribution < 1.29 is 9.90 Å². The van der Waals surface area contributed by atoms with E-state index in [1.54, 1.807) is 30.5 Å². The predicted octanol–water partition coefficient (Wildman–Crippen LogP) is 5.00. The summed E-state index contributed by atoms with van der Waals surface area (Å²) in [6.45, 7) is 2.02. The number of aryl methyl sites for hydroxylation is 1. The third kappa shape index (κ3) is 4.27. The van der Waals surface area contributed by atoms with Gasteiger partial charge in [0.25, 0.3) is 0 Å². The summed E-state index contributed by atoms with van der Waals surface area (Å²) in [6, 6.07) is 18.3. The number of carboxylic acid groups (broad SMARTS) is 1. The molecule has 0 aliphatic rings. The quantitative estimate of drug-likeness (QED) is 0.590. The average molecular weight is 375 g/mol. The van der Waals surface area contributed by atoms with E-state index in [0.717, 1.165) is 33.8 Å². The van der Waals surface area contributed by atoms with E-state index in [2.05, 4.69) is 15.8 Å². The topological polar surface area (TPSA) is 86.0 Å². The molecule has 27 heavy (non-hydrogen) atoms. The first kappa shape index (κ1) is 18.5. The summed E-state index contributed by atoms with van der Waals surface area (Å²) in [4.78, 5) is 16.5. The number of rotatable bonds is 6. The summed E-state index contributed by atoms with van der Waals surface area (Å²) < 4.78 is 3.28. The van der Waals surface area contributed by atoms with Crippen LogP contribution in [-0.4, -0.2) is 16.1 Å². The van der Waals surface area contributed by atoms with Crippen molar-refractivity contribution >= 4 is 23.6 Å². The van der Waals surface area contributed by atoms with Crippen molar-refractivity contribution in [2.75, 3.05) is 4.72 Å². The monoisotopic (exact) mass is 375 g/mol. The Morgan fingerprint density at radius 3 is 2.74 bits per heavy atom. The molecule has 0 bridgehead atoms. The van der Waals surface area contributed by atoms with Crippen LogP contribution in [-0.2, 0) is 6.42 Å². The molecule has 0 saturated carbocycles. The van der Waals surface area contributed by atoms with Crippen molar-refractivity contribution in [3.63, 3.8) is 0 Å². The molecular weight excluding hydrogens is 358 g/mol. The molecule has 6 heteroatoms. The molecule has 2 N–H and O–H groups in total. The highest BCUT2D eigenvalue weighted by molar-refractivity contribution is 8.00. The summed E-state index contributed by atoms with van der Waals surface area (Å²) in [7, 11) is 0. The highest BCUT2D eigenvalue weighted by Gasteiger charge is 2.11. The number of hydrogen-bond acceptors (Lipinski definition) is 5. The van der Waals surface area contributed by atoms with Crippen molar-refractivity contribution in [3.8, 4) is 17.3 Å². The first-order valence-electron chi connectivity index (χ1n) is 8.37. The Morgan fingerprint density at radius 2 is 2.07 bits per heavy atom. The molecule has 3 aromatic rings. The van der Waals surface area contributed by atoms with E-state index in [9.17, 15) is 15.2 Å². The lowest BCUT2D eigenvalue weighted by atomic mass is 10.1. The summed E-state index contributed by atoms with van der Waals surface area (Å²) in [5.74, 6) is -0.958. The van der Waals surface area contributed by atoms with E-state index in [0.29, 0.717) is 5.56 Å². The maximum absolute atomic E-state index is 11.3. The van der Waals surface area contributed by atoms with Gasteiger partial charge in [0.2, 0.25) is 0 Å². The van der Waals surface area contributed by atoms with E-state index < -0.39 is 5.97 Å². The smallest absolute Gasteiger partial charge is 0.335 e. The van der Waals surface area contributed by atoms with Gasteiger partial charge in [0.05, 0.1) is 28.6 Å². The van der Waals surface area contributed by atoms with Crippen molar-refractivity contribution in [3.05, 3.63) is 77.5 Å². The number of aromatic carboxylic acids is 1. The molecule has 0 radical (unpaired) electrons. The molecule has 0 saturated heterocycles. The van der Waals surface area contributed by atoms with Crippen molar-refractivity contribution in [1.82, 2.24) is 4.98 Å². The van der Waals surface area contributed by atoms with Gasteiger partial charge in [-0.3, -0.25) is 4.98 Å². The van der Waals surface area contributed by atoms with E-state index in [-0.39, 0.29) is 5.56 Å². The zero-order valence-corrected chi connectivity index (χ0v) is 15.5. The number of nitrogens with one attached hydrogen (secondary N) is 1. The minimum atomic E-state index is -0.958. The van der Waals surface area contributed by atoms with Crippen LogP contribution in [0.3, 0.4) is 0 Å². The van der Waals surface area contributed by atoms with Crippen LogP contribution >= 0.6 is 11.9 Å². The second kappa shape index (κ2) is 8.39. The molecule has 134 valence electrons. The lowest BCUT2D eigenvalue weighted by molar-refractivity contribution is 0.0696. The minimum absolute atomic E-state index is 0.243. The first-order valence-corrected chi connectivity index (χ1v) is 9.18. The molecule has 0 unspecified atom stereocenters. The highest BCUT2D eigenvalue weighted by atomic mass is 32.2. The van der Waals surface area contributed by atoms with Crippen LogP contribution < -0.4 is 4.72 Å². The van der Waals surface area contributed by atoms with Crippen LogP contribution in [0.1, 0.15) is 28.4 Å². The minimum Gasteiger partial charge on any atom is -0.478 e. The number of carbonyl (C=O) groups is 1. The predicted molar refractivity (Wildman–Crippen MR) is 107 cm³/mol. The lowest BCUT2D eigenvalue weighted by Gasteiger charge is -2.14. The maximum Gasteiger partial charge on any atom is 0.335 e. The van der Waals surface area contributed by atoms with E-state index in [4.69, 9.17) is 0 Å². The number of nitriles is 1. The summed E-state index contributed by atoms with van der Waals surface area (Å²) >= 11 is 1.33. The summed E-state index contributed by atoms with van der Waals surface area (Å²) in [6.07, 6.45) is 2.51. The number of carboxylic acids is 1. The Kier molecular flexibility index (Phi) is 5.74. The standard InChI is InChI=1S/C21H17N3O2S/c1-2-15-7-8-16(21(25)26)12-20(15)27-24-19-11-14(13-22)6-9-17(19)18-5-3-4-10-23-18/h3-12,24H,2H2,1H3,(H,25,26). The van der Waals surface area contributed by atoms with Crippen LogP contribution in [0.2, 0.25) is 0 Å². The zero-order valence-electron chi connectivity index (χ0n) is 14.6. The Balaban J connectivity index is 1.95. The van der Waals surface area contributed by atoms with Gasteiger partial charge in [-0.15, -0.1) is 0 Å². The maximum atomic E-state index is 11.3. The van der Waals surface area contributed by atoms with Crippen molar-refractivity contribution in [2.24, 2.45) is 0 Å². The molecule has 0 spiro atoms. The summed E-state index contributed by atoms with van der Waals surface area (Å²) in [5, 5.41) is 18.5. The Labute approximate surface area is 161 Å². The fourth-order valence-electron chi connectivity index (χ4n) is 2.63. The average Bonchev–Trinajstić information content (AvgIpc) is 2.72. The normalized spacial score (nSPS) is 10.2. The molecule has 0 atom stereocenters. The van der Waals surface area contributed by atoms with Gasteiger partial charge in [-0.05, 0) is 66.4 Å². The third-order valence-electron chi connectivity index (χ3n) is 4.06. The Morgan fingerprint density at radius 1 is 1.22 bits per heavy atom. The van der Waals surface area contributed by atoms with Crippen LogP contribution in [0.4, 0.5) is 5.69 Å². The van der Waals surface area contributed by atoms with E-state index in [1.165, 1.54) is 11.9 Å². The molecular formula is C21H17N3O2S. The van der Waals surface area contributed by atoms with Gasteiger partial charge in [-0.1, -0.05) is 19.1 Å². The molecule has 0 amide bonds. The Bertz CT molecular complexity index is 1010. The molecule has 0 aliphatic carbocycles. The third-order valence-corrected chi connectivity index (χ3v) is 4.98. The fraction of sp³-hybridized carbons (Fsp3) is 0.0952. The molecule has 2 aromatic carbocycles. The lowest BCUT2D eigenvalue weighted by Crippen LogP contribution is -2.00. The number of nitrogens with zero attached hydrogens (tertiary/aromatic N) is 2. The van der Waals surface area contributed by atoms with Crippen LogP contribution in [0, 0.1) is 11.3 Å². The molecule has 3 rings (SSSR count). The van der Waals surface area contributed by atoms with Gasteiger partial charge >= 0.3 is 5.97 Å². The van der Waals surface area contributed by atoms with Crippen molar-refractivity contribution in [2.45, 2.75) is 18.2 Å². The van der Waals surface area contributed by atoms with Crippen LogP contribution in [0.25, 0.3) is 11.3 Å². The van der Waals surface area contributed by atoms with Gasteiger partial charge in [-0.25, -0.2) is 4.79 Å². The number of pyridine rings is 1. The fourth-order valence-corrected chi connectivity index (χ4v) is 3.55. The number of benzene rings is 2. The van der Waals surface area contributed by atoms with E-state index in [1.807, 2.05) is 37.3 Å². The second-order valence-corrected chi connectivity index (χ2v) is 6.62. The number of hydrogen-bond donors (Lipinski definition) is 2. The number of anilines is 1. The van der Waals surface area contributed by atoms with Gasteiger partial charge < -0.3 is 9.83 Å². The van der Waals surface area contributed by atoms with Crippen LogP contribution in [0.15, 0.2) is 65.7 Å². The van der Waals surface area contributed by atoms with Gasteiger partial charge in [0.15, 0.2) is 0 Å². The van der Waals surface area contributed by atoms with Crippen LogP contribution in [0.5, 0.6) is 0 Å². The number of aromatic nitrogens is 1. The molecule has 1 aromatic heterocycles. The Hall–Kier alpha value is -3.30. The molecule has 5 nitrogen and oxygen atoms in total. The molecule has 0 fully saturated rings. The largest absolute Gasteiger partial charge is 0.478 e. The van der Waals surface area contributed by atoms with Gasteiger partial charge in [0.1, 0.15) is 0 Å². The summed E-state index contributed by atoms with van der Waals surface area (Å²) in [5.41, 5.74) is 4.24. The zero-order chi connectivity index (χ0) is 19.2. The van der Waals surface area contributed by atoms with Crippen molar-refractivity contribution in [1.29, 1.82) is 5.26 Å². The SMILES string of the molecule is CCc1ccc(C(=O)O)cc1SNc1cc(C#N)ccc1-c1ccccn1. The molecule has 0 aliphatic heterocycles. The second-order valence-electron chi connectivity index (χ2n) is 5.77. The van der Waals surface area contributed by atoms with E-state index >= 15 is 0 Å². The van der Waals surface area contributed by atoms with Gasteiger partial charge in [-0.2, -0.15) is 5.26 Å². The highest BCUT2D eigenvalue weighted by Crippen LogP contribution is 2.33.